The monoisotopic (exact) mass is 419 g/mol. The van der Waals surface area contributed by atoms with E-state index in [1.165, 1.54) is 0 Å². The molecule has 0 aliphatic rings. The summed E-state index contributed by atoms with van der Waals surface area (Å²) in [7, 11) is 7.82. The number of hydrogen-bond donors (Lipinski definition) is 1. The first-order valence-electron chi connectivity index (χ1n) is 10.3. The summed E-state index contributed by atoms with van der Waals surface area (Å²) in [6, 6.07) is 10.2. The van der Waals surface area contributed by atoms with Gasteiger partial charge in [-0.3, -0.25) is 0 Å². The zero-order valence-corrected chi connectivity index (χ0v) is 18.9. The molecule has 31 heavy (non-hydrogen) atoms. The van der Waals surface area contributed by atoms with Crippen molar-refractivity contribution in [2.75, 3.05) is 33.1 Å². The Morgan fingerprint density at radius 3 is 2.65 bits per heavy atom. The molecule has 0 radical (unpaired) electrons. The van der Waals surface area contributed by atoms with E-state index in [2.05, 4.69) is 42.3 Å². The van der Waals surface area contributed by atoms with Gasteiger partial charge in [-0.1, -0.05) is 18.2 Å². The van der Waals surface area contributed by atoms with Crippen molar-refractivity contribution in [1.29, 1.82) is 0 Å². The van der Waals surface area contributed by atoms with E-state index in [9.17, 15) is 0 Å². The van der Waals surface area contributed by atoms with Crippen molar-refractivity contribution >= 4 is 11.5 Å². The van der Waals surface area contributed by atoms with Crippen LogP contribution in [0.4, 0.5) is 5.82 Å². The van der Waals surface area contributed by atoms with Crippen molar-refractivity contribution in [3.05, 3.63) is 59.5 Å². The predicted octanol–water partition coefficient (Wildman–Crippen LogP) is 3.47. The average Bonchev–Trinajstić information content (AvgIpc) is 3.36. The second kappa shape index (κ2) is 8.39. The number of hydrogen-bond acceptors (Lipinski definition) is 6. The highest BCUT2D eigenvalue weighted by atomic mass is 16.5. The molecule has 1 unspecified atom stereocenters. The maximum Gasteiger partial charge on any atom is 0.160 e. The number of benzene rings is 1. The number of aryl methyl sites for hydroxylation is 2. The van der Waals surface area contributed by atoms with Gasteiger partial charge in [0.2, 0.25) is 0 Å². The Morgan fingerprint density at radius 1 is 1.19 bits per heavy atom. The van der Waals surface area contributed by atoms with Gasteiger partial charge in [0.25, 0.3) is 0 Å². The minimum atomic E-state index is 0.114. The number of para-hydroxylation sites is 1. The van der Waals surface area contributed by atoms with E-state index >= 15 is 0 Å². The van der Waals surface area contributed by atoms with Gasteiger partial charge in [-0.25, -0.2) is 9.97 Å². The third-order valence-corrected chi connectivity index (χ3v) is 5.72. The lowest BCUT2D eigenvalue weighted by Gasteiger charge is -2.27. The highest BCUT2D eigenvalue weighted by Crippen LogP contribution is 2.29. The van der Waals surface area contributed by atoms with E-state index < -0.39 is 0 Å². The number of nitrogens with one attached hydrogen (secondary N) is 1. The fourth-order valence-electron chi connectivity index (χ4n) is 3.84. The number of rotatable bonds is 7. The molecule has 162 valence electrons. The first kappa shape index (κ1) is 20.9. The minimum Gasteiger partial charge on any atom is -0.496 e. The normalized spacial score (nSPS) is 12.5. The molecule has 8 nitrogen and oxygen atoms in total. The molecule has 0 saturated carbocycles. The zero-order valence-electron chi connectivity index (χ0n) is 18.9. The number of nitrogens with zero attached hydrogens (tertiary/aromatic N) is 6. The molecule has 4 aromatic rings. The van der Waals surface area contributed by atoms with Gasteiger partial charge < -0.3 is 19.5 Å². The predicted molar refractivity (Wildman–Crippen MR) is 123 cm³/mol. The van der Waals surface area contributed by atoms with Crippen LogP contribution in [0.1, 0.15) is 22.9 Å². The van der Waals surface area contributed by atoms with E-state index in [0.717, 1.165) is 45.6 Å². The standard InChI is InChI=1S/C23H29N7O/c1-15-16(2)26-21-13-18(23-24-11-12-29(23)5)27-30(21)22(15)25-14-19(28(3)4)17-9-7-8-10-20(17)31-6/h7-13,19,25H,14H2,1-6H3. The number of aromatic nitrogens is 5. The van der Waals surface area contributed by atoms with Crippen molar-refractivity contribution in [3.63, 3.8) is 0 Å². The van der Waals surface area contributed by atoms with Crippen LogP contribution in [0.25, 0.3) is 17.2 Å². The third kappa shape index (κ3) is 3.86. The molecule has 0 amide bonds. The molecule has 1 atom stereocenters. The topological polar surface area (TPSA) is 72.5 Å². The van der Waals surface area contributed by atoms with E-state index in [-0.39, 0.29) is 6.04 Å². The molecule has 4 rings (SSSR count). The molecule has 3 heterocycles. The number of likely N-dealkylation sites (N-methyl/N-ethyl adjacent to an activating group) is 1. The first-order valence-corrected chi connectivity index (χ1v) is 10.3. The fraction of sp³-hybridized carbons (Fsp3) is 0.348. The summed E-state index contributed by atoms with van der Waals surface area (Å²) < 4.78 is 9.44. The molecular formula is C23H29N7O. The van der Waals surface area contributed by atoms with Crippen molar-refractivity contribution in [1.82, 2.24) is 29.0 Å². The maximum atomic E-state index is 5.61. The second-order valence-corrected chi connectivity index (χ2v) is 7.93. The number of imidazole rings is 1. The molecule has 0 aliphatic heterocycles. The van der Waals surface area contributed by atoms with Gasteiger partial charge in [-0.2, -0.15) is 9.61 Å². The SMILES string of the molecule is COc1ccccc1C(CNc1c(C)c(C)nc2cc(-c3nccn3C)nn12)N(C)C. The lowest BCUT2D eigenvalue weighted by molar-refractivity contribution is 0.299. The third-order valence-electron chi connectivity index (χ3n) is 5.72. The number of anilines is 1. The van der Waals surface area contributed by atoms with Crippen LogP contribution in [0.5, 0.6) is 5.75 Å². The molecular weight excluding hydrogens is 390 g/mol. The van der Waals surface area contributed by atoms with Crippen LogP contribution in [0, 0.1) is 13.8 Å². The van der Waals surface area contributed by atoms with Crippen LogP contribution in [0.2, 0.25) is 0 Å². The summed E-state index contributed by atoms with van der Waals surface area (Å²) in [6.07, 6.45) is 3.69. The summed E-state index contributed by atoms with van der Waals surface area (Å²) in [6.45, 7) is 4.78. The quantitative estimate of drug-likeness (QED) is 0.495. The molecule has 1 aromatic carbocycles. The number of methoxy groups -OCH3 is 1. The largest absolute Gasteiger partial charge is 0.496 e. The highest BCUT2D eigenvalue weighted by molar-refractivity contribution is 5.63. The van der Waals surface area contributed by atoms with Gasteiger partial charge in [0.15, 0.2) is 11.5 Å². The average molecular weight is 420 g/mol. The second-order valence-electron chi connectivity index (χ2n) is 7.93. The van der Waals surface area contributed by atoms with Gasteiger partial charge in [-0.05, 0) is 34.0 Å². The molecule has 3 aromatic heterocycles. The van der Waals surface area contributed by atoms with Crippen molar-refractivity contribution in [2.45, 2.75) is 19.9 Å². The molecule has 0 spiro atoms. The Labute approximate surface area is 182 Å². The highest BCUT2D eigenvalue weighted by Gasteiger charge is 2.20. The van der Waals surface area contributed by atoms with Crippen molar-refractivity contribution in [2.24, 2.45) is 7.05 Å². The van der Waals surface area contributed by atoms with Crippen molar-refractivity contribution in [3.8, 4) is 17.3 Å². The fourth-order valence-corrected chi connectivity index (χ4v) is 3.84. The first-order chi connectivity index (χ1) is 14.9. The summed E-state index contributed by atoms with van der Waals surface area (Å²) in [4.78, 5) is 11.4. The smallest absolute Gasteiger partial charge is 0.160 e. The van der Waals surface area contributed by atoms with Crippen LogP contribution in [0.3, 0.4) is 0 Å². The van der Waals surface area contributed by atoms with Gasteiger partial charge in [0.1, 0.15) is 17.3 Å². The van der Waals surface area contributed by atoms with Gasteiger partial charge in [0.05, 0.1) is 13.2 Å². The number of ether oxygens (including phenoxy) is 1. The van der Waals surface area contributed by atoms with Gasteiger partial charge in [0, 0.05) is 48.9 Å². The van der Waals surface area contributed by atoms with Crippen LogP contribution in [-0.2, 0) is 7.05 Å². The lowest BCUT2D eigenvalue weighted by Crippen LogP contribution is -2.28. The maximum absolute atomic E-state index is 5.61. The Hall–Kier alpha value is -3.39. The van der Waals surface area contributed by atoms with E-state index in [4.69, 9.17) is 14.8 Å². The Balaban J connectivity index is 1.72. The van der Waals surface area contributed by atoms with Crippen LogP contribution in [-0.4, -0.2) is 56.8 Å². The molecule has 0 fully saturated rings. The van der Waals surface area contributed by atoms with Crippen molar-refractivity contribution < 1.29 is 4.74 Å². The molecule has 1 N–H and O–H groups in total. The summed E-state index contributed by atoms with van der Waals surface area (Å²) >= 11 is 0. The zero-order chi connectivity index (χ0) is 22.1. The summed E-state index contributed by atoms with van der Waals surface area (Å²) in [5.74, 6) is 2.63. The molecule has 0 bridgehead atoms. The van der Waals surface area contributed by atoms with Crippen LogP contribution in [0.15, 0.2) is 42.7 Å². The Kier molecular flexibility index (Phi) is 5.65. The minimum absolute atomic E-state index is 0.114. The van der Waals surface area contributed by atoms with E-state index in [0.29, 0.717) is 6.54 Å². The molecule has 0 aliphatic carbocycles. The van der Waals surface area contributed by atoms with Crippen LogP contribution >= 0.6 is 0 Å². The van der Waals surface area contributed by atoms with Gasteiger partial charge >= 0.3 is 0 Å². The lowest BCUT2D eigenvalue weighted by atomic mass is 10.0. The summed E-state index contributed by atoms with van der Waals surface area (Å²) in [5, 5.41) is 8.45. The summed E-state index contributed by atoms with van der Waals surface area (Å²) in [5.41, 5.74) is 4.76. The van der Waals surface area contributed by atoms with Crippen LogP contribution < -0.4 is 10.1 Å². The Bertz CT molecular complexity index is 1210. The number of fused-ring (bicyclic) bond motifs is 1. The van der Waals surface area contributed by atoms with Gasteiger partial charge in [-0.15, -0.1) is 0 Å². The van der Waals surface area contributed by atoms with E-state index in [1.807, 2.05) is 53.5 Å². The van der Waals surface area contributed by atoms with E-state index in [1.54, 1.807) is 13.3 Å². The Morgan fingerprint density at radius 2 is 1.97 bits per heavy atom. The molecule has 8 heteroatoms. The molecule has 0 saturated heterocycles.